The predicted octanol–water partition coefficient (Wildman–Crippen LogP) is 9.22. The molecular formula is C48H52ClF3N4O8S3. The number of hydrogen-bond donors (Lipinski definition) is 3. The van der Waals surface area contributed by atoms with Gasteiger partial charge in [-0.2, -0.15) is 13.2 Å². The highest BCUT2D eigenvalue weighted by atomic mass is 35.5. The Kier molecular flexibility index (Phi) is 17.4. The van der Waals surface area contributed by atoms with Crippen molar-refractivity contribution in [2.75, 3.05) is 55.8 Å². The summed E-state index contributed by atoms with van der Waals surface area (Å²) in [6, 6.07) is 32.1. The van der Waals surface area contributed by atoms with Gasteiger partial charge in [-0.05, 0) is 122 Å². The number of piperidine rings is 1. The number of benzene rings is 5. The first-order valence-corrected chi connectivity index (χ1v) is 25.9. The summed E-state index contributed by atoms with van der Waals surface area (Å²) in [5, 5.41) is 15.0. The molecule has 0 unspecified atom stereocenters. The minimum atomic E-state index is -6.12. The number of esters is 1. The van der Waals surface area contributed by atoms with E-state index in [1.54, 1.807) is 38.2 Å². The Morgan fingerprint density at radius 2 is 1.55 bits per heavy atom. The van der Waals surface area contributed by atoms with Gasteiger partial charge in [0.25, 0.3) is 25.8 Å². The number of aliphatic hydroxyl groups is 1. The van der Waals surface area contributed by atoms with Crippen molar-refractivity contribution in [2.24, 2.45) is 5.92 Å². The summed E-state index contributed by atoms with van der Waals surface area (Å²) in [6.07, 6.45) is 1.14. The molecule has 1 fully saturated rings. The third-order valence-electron chi connectivity index (χ3n) is 11.4. The van der Waals surface area contributed by atoms with E-state index < -0.39 is 58.9 Å². The molecule has 5 aromatic rings. The quantitative estimate of drug-likeness (QED) is 0.0502. The van der Waals surface area contributed by atoms with Gasteiger partial charge >= 0.3 is 11.5 Å². The van der Waals surface area contributed by atoms with Crippen molar-refractivity contribution in [3.05, 3.63) is 137 Å². The summed E-state index contributed by atoms with van der Waals surface area (Å²) < 4.78 is 103. The number of halogens is 4. The first kappa shape index (κ1) is 51.3. The number of sulfonamides is 1. The molecule has 1 aliphatic rings. The summed E-state index contributed by atoms with van der Waals surface area (Å²) in [7, 11) is -9.25. The van der Waals surface area contributed by atoms with E-state index >= 15 is 0 Å². The number of hydrogen-bond acceptors (Lipinski definition) is 12. The molecule has 1 saturated heterocycles. The molecule has 0 aromatic heterocycles. The van der Waals surface area contributed by atoms with Gasteiger partial charge in [0, 0.05) is 59.0 Å². The SMILES string of the molecule is CCC(=O)OCCN(C)CC[C@H](CSc1ccccc1)Nc1ccc(S(=O)(=O)NC(=O)c2ccc(N3CCC([C@@H](O)c4ccccc4-c4ccc(Cl)cc4)CC3)cc2)cc1S(=O)(=O)C(F)(F)F. The fourth-order valence-corrected chi connectivity index (χ4v) is 10.8. The molecule has 0 bridgehead atoms. The van der Waals surface area contributed by atoms with Gasteiger partial charge in [0.15, 0.2) is 0 Å². The maximum atomic E-state index is 14.2. The number of amides is 1. The van der Waals surface area contributed by atoms with Crippen LogP contribution in [0.2, 0.25) is 5.02 Å². The Bertz CT molecular complexity index is 2690. The lowest BCUT2D eigenvalue weighted by molar-refractivity contribution is -0.143. The Morgan fingerprint density at radius 1 is 0.896 bits per heavy atom. The van der Waals surface area contributed by atoms with E-state index in [0.717, 1.165) is 39.4 Å². The molecule has 3 N–H and O–H groups in total. The zero-order chi connectivity index (χ0) is 48.4. The van der Waals surface area contributed by atoms with Gasteiger partial charge in [-0.3, -0.25) is 9.59 Å². The second-order valence-corrected chi connectivity index (χ2v) is 21.2. The molecule has 1 amide bonds. The van der Waals surface area contributed by atoms with Gasteiger partial charge in [-0.1, -0.05) is 73.1 Å². The molecule has 0 spiro atoms. The van der Waals surface area contributed by atoms with Gasteiger partial charge in [-0.25, -0.2) is 21.6 Å². The van der Waals surface area contributed by atoms with Crippen molar-refractivity contribution in [1.29, 1.82) is 0 Å². The molecule has 6 rings (SSSR count). The van der Waals surface area contributed by atoms with E-state index in [9.17, 15) is 44.7 Å². The molecule has 2 atom stereocenters. The highest BCUT2D eigenvalue weighted by Crippen LogP contribution is 2.39. The van der Waals surface area contributed by atoms with Gasteiger partial charge in [0.05, 0.1) is 16.7 Å². The van der Waals surface area contributed by atoms with Gasteiger partial charge < -0.3 is 25.0 Å². The van der Waals surface area contributed by atoms with Crippen molar-refractivity contribution >= 4 is 66.5 Å². The molecule has 67 heavy (non-hydrogen) atoms. The van der Waals surface area contributed by atoms with Crippen LogP contribution in [0.25, 0.3) is 11.1 Å². The van der Waals surface area contributed by atoms with E-state index in [4.69, 9.17) is 16.3 Å². The zero-order valence-corrected chi connectivity index (χ0v) is 40.0. The molecule has 1 heterocycles. The number of carbonyl (C=O) groups excluding carboxylic acids is 2. The zero-order valence-electron chi connectivity index (χ0n) is 36.8. The lowest BCUT2D eigenvalue weighted by atomic mass is 9.84. The summed E-state index contributed by atoms with van der Waals surface area (Å²) in [6.45, 7) is 3.74. The van der Waals surface area contributed by atoms with E-state index in [2.05, 4.69) is 10.2 Å². The van der Waals surface area contributed by atoms with Crippen LogP contribution in [0.1, 0.15) is 54.6 Å². The molecule has 1 aliphatic heterocycles. The first-order valence-electron chi connectivity index (χ1n) is 21.6. The van der Waals surface area contributed by atoms with Crippen LogP contribution in [0.4, 0.5) is 24.5 Å². The summed E-state index contributed by atoms with van der Waals surface area (Å²) in [4.78, 5) is 27.5. The monoisotopic (exact) mass is 1000 g/mol. The topological polar surface area (TPSA) is 162 Å². The van der Waals surface area contributed by atoms with E-state index in [-0.39, 0.29) is 36.2 Å². The number of aliphatic hydroxyl groups excluding tert-OH is 1. The van der Waals surface area contributed by atoms with E-state index in [1.165, 1.54) is 23.9 Å². The maximum Gasteiger partial charge on any atom is 0.501 e. The Morgan fingerprint density at radius 3 is 2.21 bits per heavy atom. The van der Waals surface area contributed by atoms with Crippen molar-refractivity contribution < 1.29 is 49.4 Å². The largest absolute Gasteiger partial charge is 0.501 e. The highest BCUT2D eigenvalue weighted by molar-refractivity contribution is 7.99. The highest BCUT2D eigenvalue weighted by Gasteiger charge is 2.48. The minimum absolute atomic E-state index is 0.0285. The van der Waals surface area contributed by atoms with Gasteiger partial charge in [0.2, 0.25) is 0 Å². The number of nitrogens with zero attached hydrogens (tertiary/aromatic N) is 2. The Balaban J connectivity index is 1.13. The number of sulfone groups is 1. The average molecular weight is 1000 g/mol. The number of alkyl halides is 3. The second kappa shape index (κ2) is 22.8. The van der Waals surface area contributed by atoms with E-state index in [1.807, 2.05) is 76.4 Å². The fraction of sp³-hybridized carbons (Fsp3) is 0.333. The van der Waals surface area contributed by atoms with Crippen LogP contribution in [-0.4, -0.2) is 95.9 Å². The molecule has 19 heteroatoms. The Hall–Kier alpha value is -5.11. The Labute approximate surface area is 398 Å². The minimum Gasteiger partial charge on any atom is -0.464 e. The molecule has 0 aliphatic carbocycles. The van der Waals surface area contributed by atoms with Gasteiger partial charge in [0.1, 0.15) is 11.5 Å². The first-order chi connectivity index (χ1) is 31.9. The number of nitrogens with one attached hydrogen (secondary N) is 2. The average Bonchev–Trinajstić information content (AvgIpc) is 3.32. The lowest BCUT2D eigenvalue weighted by Gasteiger charge is -2.36. The standard InChI is InChI=1S/C48H52ClF3N4O8S3/c1-3-45(57)64-30-29-55(2)26-25-37(32-65-39-9-5-4-6-10-39)53-43-22-21-40(31-44(43)66(60,61)48(50,51)52)67(62,63)54-47(59)35-15-19-38(20-16-35)56-27-23-34(24-28-56)46(58)42-12-8-7-11-41(42)33-13-17-36(49)18-14-33/h4-22,31,34,37,46,53,58H,3,23-30,32H2,1-2H3,(H,54,59)/t37-,46-/m1/s1. The number of ether oxygens (including phenoxy) is 1. The molecule has 0 radical (unpaired) electrons. The molecular weight excluding hydrogens is 949 g/mol. The van der Waals surface area contributed by atoms with Crippen LogP contribution in [0, 0.1) is 5.92 Å². The maximum absolute atomic E-state index is 14.2. The van der Waals surface area contributed by atoms with Crippen molar-refractivity contribution in [1.82, 2.24) is 9.62 Å². The van der Waals surface area contributed by atoms with Crippen molar-refractivity contribution in [2.45, 2.75) is 64.9 Å². The lowest BCUT2D eigenvalue weighted by Crippen LogP contribution is -2.36. The third-order valence-corrected chi connectivity index (χ3v) is 15.7. The molecule has 5 aromatic carbocycles. The molecule has 358 valence electrons. The fourth-order valence-electron chi connectivity index (χ4n) is 7.61. The van der Waals surface area contributed by atoms with Gasteiger partial charge in [-0.15, -0.1) is 11.8 Å². The van der Waals surface area contributed by atoms with Crippen molar-refractivity contribution in [3.8, 4) is 11.1 Å². The summed E-state index contributed by atoms with van der Waals surface area (Å²) in [5.41, 5.74) is -2.89. The van der Waals surface area contributed by atoms with Crippen LogP contribution >= 0.6 is 23.4 Å². The number of rotatable bonds is 20. The normalized spacial score (nSPS) is 14.7. The van der Waals surface area contributed by atoms with Crippen LogP contribution in [0.5, 0.6) is 0 Å². The van der Waals surface area contributed by atoms with Crippen LogP contribution in [0.15, 0.2) is 136 Å². The predicted molar refractivity (Wildman–Crippen MR) is 256 cm³/mol. The third kappa shape index (κ3) is 13.5. The number of anilines is 2. The van der Waals surface area contributed by atoms with Crippen molar-refractivity contribution in [3.63, 3.8) is 0 Å². The number of thioether (sulfide) groups is 1. The number of carbonyl (C=O) groups is 2. The van der Waals surface area contributed by atoms with Crippen LogP contribution in [0.3, 0.4) is 0 Å². The van der Waals surface area contributed by atoms with Crippen LogP contribution < -0.4 is 14.9 Å². The second-order valence-electron chi connectivity index (χ2n) is 16.1. The number of likely N-dealkylation sites (N-methyl/N-ethyl adjacent to an activating group) is 1. The molecule has 12 nitrogen and oxygen atoms in total. The van der Waals surface area contributed by atoms with Crippen LogP contribution in [-0.2, 0) is 29.4 Å². The summed E-state index contributed by atoms with van der Waals surface area (Å²) >= 11 is 7.48. The summed E-state index contributed by atoms with van der Waals surface area (Å²) in [5.74, 6) is -1.19. The molecule has 0 saturated carbocycles. The van der Waals surface area contributed by atoms with E-state index in [0.29, 0.717) is 56.5 Å². The smallest absolute Gasteiger partial charge is 0.464 e.